The van der Waals surface area contributed by atoms with Crippen LogP contribution in [0.25, 0.3) is 77.3 Å². The van der Waals surface area contributed by atoms with E-state index in [0.717, 1.165) is 44.3 Å². The van der Waals surface area contributed by atoms with Gasteiger partial charge in [0.25, 0.3) is 0 Å². The summed E-state index contributed by atoms with van der Waals surface area (Å²) in [5.41, 5.74) is 11.1. The van der Waals surface area contributed by atoms with Gasteiger partial charge >= 0.3 is 0 Å². The van der Waals surface area contributed by atoms with Crippen LogP contribution in [0.5, 0.6) is 0 Å². The fourth-order valence-corrected chi connectivity index (χ4v) is 6.68. The van der Waals surface area contributed by atoms with Crippen LogP contribution in [-0.4, -0.2) is 9.13 Å². The summed E-state index contributed by atoms with van der Waals surface area (Å²) in [6, 6.07) is 51.6. The van der Waals surface area contributed by atoms with Crippen LogP contribution < -0.4 is 0 Å². The normalized spacial score (nSPS) is 11.9. The molecule has 0 N–H and O–H groups in total. The summed E-state index contributed by atoms with van der Waals surface area (Å²) in [6.45, 7) is 0. The van der Waals surface area contributed by atoms with Crippen LogP contribution in [0.2, 0.25) is 0 Å². The van der Waals surface area contributed by atoms with E-state index in [0.29, 0.717) is 0 Å². The maximum Gasteiger partial charge on any atom is 0.161 e. The molecule has 0 saturated carbocycles. The van der Waals surface area contributed by atoms with E-state index in [9.17, 15) is 0 Å². The topological polar surface area (TPSA) is 23.0 Å². The number of hydrogen-bond acceptors (Lipinski definition) is 1. The van der Waals surface area contributed by atoms with Gasteiger partial charge < -0.3 is 13.6 Å². The van der Waals surface area contributed by atoms with E-state index in [4.69, 9.17) is 4.42 Å². The number of rotatable bonds is 3. The fraction of sp³-hybridized carbons (Fsp3) is 0. The van der Waals surface area contributed by atoms with Crippen LogP contribution in [0.4, 0.5) is 0 Å². The minimum Gasteiger partial charge on any atom is -0.454 e. The van der Waals surface area contributed by atoms with Gasteiger partial charge in [-0.1, -0.05) is 91.0 Å². The first-order chi connectivity index (χ1) is 20.4. The van der Waals surface area contributed by atoms with Crippen molar-refractivity contribution >= 4 is 54.8 Å². The van der Waals surface area contributed by atoms with Crippen LogP contribution in [0.1, 0.15) is 0 Å². The monoisotopic (exact) mass is 524 g/mol. The third kappa shape index (κ3) is 3.09. The number of nitrogens with zero attached hydrogens (tertiary/aromatic N) is 2. The van der Waals surface area contributed by atoms with Crippen molar-refractivity contribution < 1.29 is 4.42 Å². The molecule has 9 aromatic rings. The Labute approximate surface area is 236 Å². The van der Waals surface area contributed by atoms with E-state index in [1.807, 2.05) is 0 Å². The lowest BCUT2D eigenvalue weighted by Crippen LogP contribution is -1.94. The van der Waals surface area contributed by atoms with Crippen molar-refractivity contribution in [2.24, 2.45) is 0 Å². The molecule has 0 aliphatic heterocycles. The Hall–Kier alpha value is -5.54. The van der Waals surface area contributed by atoms with E-state index in [1.165, 1.54) is 32.9 Å². The number of benzene rings is 6. The molecule has 3 nitrogen and oxygen atoms in total. The van der Waals surface area contributed by atoms with Crippen LogP contribution >= 0.6 is 0 Å². The van der Waals surface area contributed by atoms with Gasteiger partial charge in [0.05, 0.1) is 21.9 Å². The molecule has 0 spiro atoms. The molecular weight excluding hydrogens is 500 g/mol. The molecule has 0 unspecified atom stereocenters. The minimum atomic E-state index is 0.895. The highest BCUT2D eigenvalue weighted by molar-refractivity contribution is 6.23. The van der Waals surface area contributed by atoms with Crippen molar-refractivity contribution in [1.29, 1.82) is 0 Å². The molecule has 0 aliphatic rings. The van der Waals surface area contributed by atoms with Crippen molar-refractivity contribution in [2.45, 2.75) is 0 Å². The number of aromatic nitrogens is 2. The molecule has 3 heterocycles. The first-order valence-corrected chi connectivity index (χ1v) is 14.0. The molecule has 0 atom stereocenters. The lowest BCUT2D eigenvalue weighted by molar-refractivity contribution is 0.673. The molecule has 3 aromatic heterocycles. The number of para-hydroxylation sites is 4. The van der Waals surface area contributed by atoms with Crippen molar-refractivity contribution in [3.05, 3.63) is 146 Å². The number of hydrogen-bond donors (Lipinski definition) is 0. The first-order valence-electron chi connectivity index (χ1n) is 14.0. The van der Waals surface area contributed by atoms with Crippen LogP contribution in [0.3, 0.4) is 0 Å². The number of furan rings is 1. The fourth-order valence-electron chi connectivity index (χ4n) is 6.68. The minimum absolute atomic E-state index is 0.895. The highest BCUT2D eigenvalue weighted by atomic mass is 16.3. The Bertz CT molecular complexity index is 2410. The standard InChI is InChI=1S/C38H24N2O/c1-3-13-25(14-4-1)39-31-21-9-7-17-29(31)35-27(19-11-23-33(35)39)28-20-12-24-34-36(28)37-38(41-34)30-18-8-10-22-32(30)40(37)26-15-5-2-6-16-26/h1-24H. The second-order valence-electron chi connectivity index (χ2n) is 10.5. The SMILES string of the molecule is c1ccc(-n2c3ccccc3c3c(-c4cccc5oc6c7ccccc7n(-c7ccccc7)c6c45)cccc32)cc1. The lowest BCUT2D eigenvalue weighted by Gasteiger charge is -2.11. The van der Waals surface area contributed by atoms with Crippen molar-refractivity contribution in [3.8, 4) is 22.5 Å². The predicted molar refractivity (Wildman–Crippen MR) is 170 cm³/mol. The molecular formula is C38H24N2O. The van der Waals surface area contributed by atoms with E-state index in [2.05, 4.69) is 155 Å². The van der Waals surface area contributed by atoms with Gasteiger partial charge in [0.2, 0.25) is 0 Å². The Morgan fingerprint density at radius 2 is 0.927 bits per heavy atom. The number of fused-ring (bicyclic) bond motifs is 8. The summed E-state index contributed by atoms with van der Waals surface area (Å²) in [7, 11) is 0. The summed E-state index contributed by atoms with van der Waals surface area (Å²) in [4.78, 5) is 0. The van der Waals surface area contributed by atoms with Gasteiger partial charge in [0.15, 0.2) is 5.58 Å². The highest BCUT2D eigenvalue weighted by Crippen LogP contribution is 2.45. The van der Waals surface area contributed by atoms with Crippen LogP contribution in [0, 0.1) is 0 Å². The zero-order chi connectivity index (χ0) is 26.9. The molecule has 0 fully saturated rings. The third-order valence-corrected chi connectivity index (χ3v) is 8.32. The Morgan fingerprint density at radius 1 is 0.390 bits per heavy atom. The first kappa shape index (κ1) is 22.3. The van der Waals surface area contributed by atoms with Gasteiger partial charge in [-0.05, 0) is 65.7 Å². The maximum absolute atomic E-state index is 6.68. The summed E-state index contributed by atoms with van der Waals surface area (Å²) >= 11 is 0. The molecule has 3 heteroatoms. The van der Waals surface area contributed by atoms with E-state index in [1.54, 1.807) is 0 Å². The zero-order valence-corrected chi connectivity index (χ0v) is 22.2. The van der Waals surface area contributed by atoms with Crippen molar-refractivity contribution in [1.82, 2.24) is 9.13 Å². The molecule has 0 saturated heterocycles. The second kappa shape index (κ2) is 8.48. The molecule has 0 amide bonds. The van der Waals surface area contributed by atoms with E-state index >= 15 is 0 Å². The Kier molecular flexibility index (Phi) is 4.61. The van der Waals surface area contributed by atoms with Crippen LogP contribution in [-0.2, 0) is 0 Å². The third-order valence-electron chi connectivity index (χ3n) is 8.32. The Balaban J connectivity index is 1.46. The summed E-state index contributed by atoms with van der Waals surface area (Å²) in [5, 5.41) is 4.73. The molecule has 192 valence electrons. The lowest BCUT2D eigenvalue weighted by atomic mass is 9.96. The molecule has 9 rings (SSSR count). The summed E-state index contributed by atoms with van der Waals surface area (Å²) in [5.74, 6) is 0. The van der Waals surface area contributed by atoms with E-state index < -0.39 is 0 Å². The average molecular weight is 525 g/mol. The maximum atomic E-state index is 6.68. The summed E-state index contributed by atoms with van der Waals surface area (Å²) in [6.07, 6.45) is 0. The molecule has 6 aromatic carbocycles. The average Bonchev–Trinajstić information content (AvgIpc) is 3.69. The van der Waals surface area contributed by atoms with E-state index in [-0.39, 0.29) is 0 Å². The quantitative estimate of drug-likeness (QED) is 0.225. The van der Waals surface area contributed by atoms with Gasteiger partial charge in [-0.15, -0.1) is 0 Å². The van der Waals surface area contributed by atoms with Gasteiger partial charge in [-0.2, -0.15) is 0 Å². The Morgan fingerprint density at radius 3 is 1.66 bits per heavy atom. The molecule has 0 aliphatic carbocycles. The second-order valence-corrected chi connectivity index (χ2v) is 10.5. The largest absolute Gasteiger partial charge is 0.454 e. The molecule has 41 heavy (non-hydrogen) atoms. The predicted octanol–water partition coefficient (Wildman–Crippen LogP) is 10.3. The zero-order valence-electron chi connectivity index (χ0n) is 22.2. The van der Waals surface area contributed by atoms with Crippen molar-refractivity contribution in [2.75, 3.05) is 0 Å². The summed E-state index contributed by atoms with van der Waals surface area (Å²) < 4.78 is 11.4. The van der Waals surface area contributed by atoms with Crippen LogP contribution in [0.15, 0.2) is 150 Å². The van der Waals surface area contributed by atoms with Gasteiger partial charge in [-0.25, -0.2) is 0 Å². The van der Waals surface area contributed by atoms with Gasteiger partial charge in [0.1, 0.15) is 11.1 Å². The molecule has 0 radical (unpaired) electrons. The van der Waals surface area contributed by atoms with Gasteiger partial charge in [0, 0.05) is 27.5 Å². The highest BCUT2D eigenvalue weighted by Gasteiger charge is 2.23. The molecule has 0 bridgehead atoms. The smallest absolute Gasteiger partial charge is 0.161 e. The van der Waals surface area contributed by atoms with Crippen molar-refractivity contribution in [3.63, 3.8) is 0 Å². The van der Waals surface area contributed by atoms with Gasteiger partial charge in [-0.3, -0.25) is 0 Å².